The lowest BCUT2D eigenvalue weighted by Crippen LogP contribution is -2.13. The van der Waals surface area contributed by atoms with Crippen LogP contribution >= 0.6 is 0 Å². The molecule has 1 aromatic heterocycles. The van der Waals surface area contributed by atoms with E-state index in [1.54, 1.807) is 6.07 Å². The molecule has 0 bridgehead atoms. The van der Waals surface area contributed by atoms with Gasteiger partial charge in [0, 0.05) is 6.07 Å². The average Bonchev–Trinajstić information content (AvgIpc) is 2.68. The number of para-hydroxylation sites is 1. The molecule has 16 heavy (non-hydrogen) atoms. The summed E-state index contributed by atoms with van der Waals surface area (Å²) >= 11 is 0. The number of hydrogen-bond acceptors (Lipinski definition) is 2. The van der Waals surface area contributed by atoms with Gasteiger partial charge < -0.3 is 5.32 Å². The Kier molecular flexibility index (Phi) is 2.55. The van der Waals surface area contributed by atoms with Crippen molar-refractivity contribution in [1.29, 1.82) is 0 Å². The predicted octanol–water partition coefficient (Wildman–Crippen LogP) is 1.09. The number of rotatable bonds is 2. The Labute approximate surface area is 89.3 Å². The van der Waals surface area contributed by atoms with Crippen molar-refractivity contribution in [2.45, 2.75) is 0 Å². The molecule has 0 saturated heterocycles. The van der Waals surface area contributed by atoms with Gasteiger partial charge in [0.1, 0.15) is 11.5 Å². The zero-order valence-corrected chi connectivity index (χ0v) is 8.08. The van der Waals surface area contributed by atoms with Crippen LogP contribution in [0.2, 0.25) is 0 Å². The first-order chi connectivity index (χ1) is 7.66. The van der Waals surface area contributed by atoms with E-state index in [0.717, 1.165) is 6.07 Å². The molecule has 0 unspecified atom stereocenters. The number of anilines is 1. The number of H-pyrrole nitrogens is 2. The summed E-state index contributed by atoms with van der Waals surface area (Å²) in [5.74, 6) is -1.11. The molecule has 2 aromatic rings. The maximum atomic E-state index is 13.2. The zero-order chi connectivity index (χ0) is 11.5. The normalized spacial score (nSPS) is 10.1. The third kappa shape index (κ3) is 2.00. The molecule has 0 fully saturated rings. The number of nitrogens with one attached hydrogen (secondary N) is 3. The van der Waals surface area contributed by atoms with Crippen LogP contribution < -0.4 is 10.9 Å². The Morgan fingerprint density at radius 3 is 2.62 bits per heavy atom. The number of aromatic amines is 2. The fraction of sp³-hybridized carbons (Fsp3) is 0. The van der Waals surface area contributed by atoms with Gasteiger partial charge >= 0.3 is 0 Å². The lowest BCUT2D eigenvalue weighted by molar-refractivity contribution is 0.102. The van der Waals surface area contributed by atoms with Crippen molar-refractivity contribution in [3.63, 3.8) is 0 Å². The molecule has 1 amide bonds. The van der Waals surface area contributed by atoms with E-state index < -0.39 is 17.3 Å². The number of benzene rings is 1. The third-order valence-corrected chi connectivity index (χ3v) is 1.96. The molecule has 0 radical (unpaired) electrons. The van der Waals surface area contributed by atoms with E-state index >= 15 is 0 Å². The van der Waals surface area contributed by atoms with E-state index in [9.17, 15) is 14.0 Å². The van der Waals surface area contributed by atoms with E-state index in [1.165, 1.54) is 18.2 Å². The van der Waals surface area contributed by atoms with Crippen molar-refractivity contribution >= 4 is 11.6 Å². The van der Waals surface area contributed by atoms with Crippen LogP contribution in [0.1, 0.15) is 10.5 Å². The largest absolute Gasteiger partial charge is 0.318 e. The van der Waals surface area contributed by atoms with Gasteiger partial charge in [0.25, 0.3) is 11.5 Å². The van der Waals surface area contributed by atoms with Gasteiger partial charge in [-0.15, -0.1) is 0 Å². The highest BCUT2D eigenvalue weighted by molar-refractivity contribution is 6.02. The van der Waals surface area contributed by atoms with E-state index in [0.29, 0.717) is 0 Å². The number of carbonyl (C=O) groups is 1. The zero-order valence-electron chi connectivity index (χ0n) is 8.08. The number of amides is 1. The Morgan fingerprint density at radius 1 is 1.25 bits per heavy atom. The summed E-state index contributed by atoms with van der Waals surface area (Å²) in [6, 6.07) is 6.87. The van der Waals surface area contributed by atoms with Gasteiger partial charge in [-0.25, -0.2) is 4.39 Å². The molecular formula is C10H8FN3O2. The Bertz CT molecular complexity index is 573. The van der Waals surface area contributed by atoms with E-state index in [-0.39, 0.29) is 11.4 Å². The summed E-state index contributed by atoms with van der Waals surface area (Å²) in [5.41, 5.74) is -0.304. The highest BCUT2D eigenvalue weighted by Gasteiger charge is 2.10. The lowest BCUT2D eigenvalue weighted by Gasteiger charge is -2.03. The van der Waals surface area contributed by atoms with Crippen molar-refractivity contribution in [3.8, 4) is 0 Å². The minimum atomic E-state index is -0.580. The molecule has 0 atom stereocenters. The predicted molar refractivity (Wildman–Crippen MR) is 55.8 cm³/mol. The molecule has 1 heterocycles. The molecular weight excluding hydrogens is 213 g/mol. The molecule has 3 N–H and O–H groups in total. The van der Waals surface area contributed by atoms with Crippen molar-refractivity contribution in [1.82, 2.24) is 10.2 Å². The third-order valence-electron chi connectivity index (χ3n) is 1.96. The molecule has 2 rings (SSSR count). The first kappa shape index (κ1) is 10.2. The Balaban J connectivity index is 2.20. The van der Waals surface area contributed by atoms with Gasteiger partial charge in [-0.3, -0.25) is 19.8 Å². The second-order valence-electron chi connectivity index (χ2n) is 3.11. The van der Waals surface area contributed by atoms with Crippen LogP contribution in [0.5, 0.6) is 0 Å². The molecule has 0 spiro atoms. The summed E-state index contributed by atoms with van der Waals surface area (Å²) < 4.78 is 13.2. The molecule has 5 nitrogen and oxygen atoms in total. The minimum Gasteiger partial charge on any atom is -0.318 e. The number of carbonyl (C=O) groups excluding carboxylic acids is 1. The lowest BCUT2D eigenvalue weighted by atomic mass is 10.3. The van der Waals surface area contributed by atoms with E-state index in [1.807, 2.05) is 0 Å². The first-order valence-electron chi connectivity index (χ1n) is 4.50. The highest BCUT2D eigenvalue weighted by Crippen LogP contribution is 2.12. The topological polar surface area (TPSA) is 77.8 Å². The fourth-order valence-electron chi connectivity index (χ4n) is 1.21. The Morgan fingerprint density at radius 2 is 2.00 bits per heavy atom. The number of hydrogen-bond donors (Lipinski definition) is 3. The smallest absolute Gasteiger partial charge is 0.273 e. The van der Waals surface area contributed by atoms with Crippen molar-refractivity contribution < 1.29 is 9.18 Å². The molecule has 0 aliphatic carbocycles. The van der Waals surface area contributed by atoms with Crippen LogP contribution in [0, 0.1) is 5.82 Å². The van der Waals surface area contributed by atoms with Gasteiger partial charge in [0.2, 0.25) is 0 Å². The van der Waals surface area contributed by atoms with Crippen LogP contribution in [-0.4, -0.2) is 16.1 Å². The van der Waals surface area contributed by atoms with Gasteiger partial charge in [-0.1, -0.05) is 12.1 Å². The van der Waals surface area contributed by atoms with Crippen LogP contribution in [-0.2, 0) is 0 Å². The average molecular weight is 221 g/mol. The highest BCUT2D eigenvalue weighted by atomic mass is 19.1. The van der Waals surface area contributed by atoms with Gasteiger partial charge in [-0.05, 0) is 12.1 Å². The van der Waals surface area contributed by atoms with Crippen LogP contribution in [0.4, 0.5) is 10.1 Å². The van der Waals surface area contributed by atoms with Crippen molar-refractivity contribution in [2.24, 2.45) is 0 Å². The Hall–Kier alpha value is -2.37. The summed E-state index contributed by atoms with van der Waals surface area (Å²) in [5, 5.41) is 6.92. The maximum absolute atomic E-state index is 13.2. The molecule has 6 heteroatoms. The quantitative estimate of drug-likeness (QED) is 0.709. The fourth-order valence-corrected chi connectivity index (χ4v) is 1.21. The van der Waals surface area contributed by atoms with Crippen LogP contribution in [0.3, 0.4) is 0 Å². The molecule has 1 aromatic carbocycles. The monoisotopic (exact) mass is 221 g/mol. The first-order valence-corrected chi connectivity index (χ1v) is 4.50. The summed E-state index contributed by atoms with van der Waals surface area (Å²) in [6.45, 7) is 0. The van der Waals surface area contributed by atoms with E-state index in [2.05, 4.69) is 15.5 Å². The van der Waals surface area contributed by atoms with Gasteiger partial charge in [0.15, 0.2) is 0 Å². The van der Waals surface area contributed by atoms with Gasteiger partial charge in [0.05, 0.1) is 5.69 Å². The summed E-state index contributed by atoms with van der Waals surface area (Å²) in [4.78, 5) is 22.3. The molecule has 0 aliphatic heterocycles. The van der Waals surface area contributed by atoms with E-state index in [4.69, 9.17) is 0 Å². The summed E-state index contributed by atoms with van der Waals surface area (Å²) in [7, 11) is 0. The standard InChI is InChI=1S/C10H8FN3O2/c11-6-3-1-2-4-7(6)12-10(16)8-5-9(15)14-13-8/h1-5H,(H,12,16)(H2,13,14,15). The van der Waals surface area contributed by atoms with Gasteiger partial charge in [-0.2, -0.15) is 0 Å². The molecule has 0 aliphatic rings. The van der Waals surface area contributed by atoms with Crippen LogP contribution in [0.25, 0.3) is 0 Å². The second-order valence-corrected chi connectivity index (χ2v) is 3.11. The minimum absolute atomic E-state index is 0.0493. The van der Waals surface area contributed by atoms with Crippen molar-refractivity contribution in [3.05, 3.63) is 52.2 Å². The van der Waals surface area contributed by atoms with Crippen LogP contribution in [0.15, 0.2) is 35.1 Å². The number of aromatic nitrogens is 2. The molecule has 0 saturated carbocycles. The number of halogens is 1. The SMILES string of the molecule is O=C(Nc1ccccc1F)c1cc(=O)[nH][nH]1. The maximum Gasteiger partial charge on any atom is 0.273 e. The summed E-state index contributed by atoms with van der Waals surface area (Å²) in [6.07, 6.45) is 0. The second kappa shape index (κ2) is 4.01. The molecule has 82 valence electrons. The van der Waals surface area contributed by atoms with Crippen molar-refractivity contribution in [2.75, 3.05) is 5.32 Å².